The van der Waals surface area contributed by atoms with Crippen LogP contribution in [0.1, 0.15) is 38.8 Å². The summed E-state index contributed by atoms with van der Waals surface area (Å²) in [7, 11) is 0. The van der Waals surface area contributed by atoms with Crippen molar-refractivity contribution in [1.82, 2.24) is 10.6 Å². The van der Waals surface area contributed by atoms with E-state index in [2.05, 4.69) is 26.6 Å². The van der Waals surface area contributed by atoms with E-state index in [1.165, 1.54) is 0 Å². The van der Waals surface area contributed by atoms with Crippen LogP contribution in [0.5, 0.6) is 0 Å². The second-order valence-corrected chi connectivity index (χ2v) is 6.01. The first-order valence-corrected chi connectivity index (χ1v) is 7.69. The van der Waals surface area contributed by atoms with E-state index in [0.717, 1.165) is 10.0 Å². The predicted octanol–water partition coefficient (Wildman–Crippen LogP) is 3.31. The Hall–Kier alpha value is -1.56. The number of carbonyl (C=O) groups is 2. The molecule has 6 heteroatoms. The highest BCUT2D eigenvalue weighted by Crippen LogP contribution is 2.16. The first-order valence-electron chi connectivity index (χ1n) is 6.90. The van der Waals surface area contributed by atoms with E-state index in [1.54, 1.807) is 6.92 Å². The molecule has 0 saturated heterocycles. The number of nitrogens with one attached hydrogen (secondary N) is 2. The molecule has 0 aromatic heterocycles. The molecule has 3 atom stereocenters. The summed E-state index contributed by atoms with van der Waals surface area (Å²) in [6.07, 6.45) is 0.680. The van der Waals surface area contributed by atoms with Gasteiger partial charge in [0.25, 0.3) is 0 Å². The van der Waals surface area contributed by atoms with Crippen molar-refractivity contribution in [2.75, 3.05) is 0 Å². The molecule has 0 aliphatic carbocycles. The van der Waals surface area contributed by atoms with Gasteiger partial charge in [0.15, 0.2) is 0 Å². The average Bonchev–Trinajstić information content (AvgIpc) is 2.44. The van der Waals surface area contributed by atoms with E-state index >= 15 is 0 Å². The molecular weight excluding hydrogens is 336 g/mol. The molecule has 0 radical (unpaired) electrons. The maximum Gasteiger partial charge on any atom is 0.326 e. The fraction of sp³-hybridized carbons (Fsp3) is 0.467. The number of aliphatic carboxylic acids is 1. The van der Waals surface area contributed by atoms with Crippen molar-refractivity contribution in [3.05, 3.63) is 34.3 Å². The van der Waals surface area contributed by atoms with Crippen LogP contribution in [0.2, 0.25) is 0 Å². The average molecular weight is 357 g/mol. The Morgan fingerprint density at radius 1 is 1.19 bits per heavy atom. The molecule has 1 aromatic carbocycles. The Kier molecular flexibility index (Phi) is 6.68. The first kappa shape index (κ1) is 17.5. The van der Waals surface area contributed by atoms with Gasteiger partial charge in [0, 0.05) is 4.47 Å². The summed E-state index contributed by atoms with van der Waals surface area (Å²) in [6, 6.07) is 6.03. The van der Waals surface area contributed by atoms with Gasteiger partial charge in [-0.3, -0.25) is 0 Å². The number of benzene rings is 1. The maximum absolute atomic E-state index is 11.9. The number of amides is 2. The summed E-state index contributed by atoms with van der Waals surface area (Å²) >= 11 is 3.35. The molecule has 21 heavy (non-hydrogen) atoms. The van der Waals surface area contributed by atoms with Crippen molar-refractivity contribution in [3.8, 4) is 0 Å². The molecule has 0 aliphatic rings. The number of urea groups is 1. The molecule has 0 heterocycles. The van der Waals surface area contributed by atoms with Crippen LogP contribution in [0.15, 0.2) is 28.7 Å². The third-order valence-electron chi connectivity index (χ3n) is 3.48. The van der Waals surface area contributed by atoms with E-state index in [4.69, 9.17) is 5.11 Å². The van der Waals surface area contributed by atoms with Crippen LogP contribution in [-0.2, 0) is 4.79 Å². The number of hydrogen-bond donors (Lipinski definition) is 3. The molecule has 0 fully saturated rings. The van der Waals surface area contributed by atoms with Crippen LogP contribution in [-0.4, -0.2) is 23.1 Å². The number of carboxylic acids is 1. The van der Waals surface area contributed by atoms with Crippen LogP contribution in [0.4, 0.5) is 4.79 Å². The van der Waals surface area contributed by atoms with Gasteiger partial charge < -0.3 is 15.7 Å². The van der Waals surface area contributed by atoms with E-state index in [1.807, 2.05) is 38.1 Å². The summed E-state index contributed by atoms with van der Waals surface area (Å²) < 4.78 is 0.964. The summed E-state index contributed by atoms with van der Waals surface area (Å²) in [5, 5.41) is 14.4. The molecule has 0 spiro atoms. The number of carbonyl (C=O) groups excluding carboxylic acids is 1. The smallest absolute Gasteiger partial charge is 0.326 e. The SMILES string of the molecule is CCC(C)[C@H](NC(=O)NC(C)c1ccc(Br)cc1)C(=O)O. The van der Waals surface area contributed by atoms with E-state index in [0.29, 0.717) is 6.42 Å². The summed E-state index contributed by atoms with van der Waals surface area (Å²) in [5.41, 5.74) is 0.948. The molecule has 0 aliphatic heterocycles. The van der Waals surface area contributed by atoms with Crippen molar-refractivity contribution in [1.29, 1.82) is 0 Å². The third kappa shape index (κ3) is 5.38. The van der Waals surface area contributed by atoms with Crippen LogP contribution in [0, 0.1) is 5.92 Å². The molecule has 0 saturated carbocycles. The Balaban J connectivity index is 2.63. The first-order chi connectivity index (χ1) is 9.85. The van der Waals surface area contributed by atoms with Gasteiger partial charge in [0.05, 0.1) is 6.04 Å². The van der Waals surface area contributed by atoms with Crippen molar-refractivity contribution < 1.29 is 14.7 Å². The monoisotopic (exact) mass is 356 g/mol. The van der Waals surface area contributed by atoms with E-state index in [9.17, 15) is 9.59 Å². The maximum atomic E-state index is 11.9. The van der Waals surface area contributed by atoms with Crippen LogP contribution < -0.4 is 10.6 Å². The lowest BCUT2D eigenvalue weighted by atomic mass is 9.99. The van der Waals surface area contributed by atoms with Gasteiger partial charge in [0.1, 0.15) is 6.04 Å². The quantitative estimate of drug-likeness (QED) is 0.731. The second-order valence-electron chi connectivity index (χ2n) is 5.09. The zero-order chi connectivity index (χ0) is 16.0. The largest absolute Gasteiger partial charge is 0.480 e. The zero-order valence-corrected chi connectivity index (χ0v) is 14.0. The van der Waals surface area contributed by atoms with Crippen molar-refractivity contribution in [2.24, 2.45) is 5.92 Å². The minimum absolute atomic E-state index is 0.128. The van der Waals surface area contributed by atoms with Gasteiger partial charge in [0.2, 0.25) is 0 Å². The van der Waals surface area contributed by atoms with Gasteiger partial charge >= 0.3 is 12.0 Å². The third-order valence-corrected chi connectivity index (χ3v) is 4.01. The Morgan fingerprint density at radius 2 is 1.76 bits per heavy atom. The highest BCUT2D eigenvalue weighted by Gasteiger charge is 2.25. The number of carboxylic acid groups (broad SMARTS) is 1. The van der Waals surface area contributed by atoms with Gasteiger partial charge in [-0.05, 0) is 30.5 Å². The molecule has 1 aromatic rings. The minimum atomic E-state index is -1.02. The highest BCUT2D eigenvalue weighted by atomic mass is 79.9. The fourth-order valence-corrected chi connectivity index (χ4v) is 2.16. The Labute approximate surface area is 133 Å². The lowest BCUT2D eigenvalue weighted by molar-refractivity contribution is -0.140. The summed E-state index contributed by atoms with van der Waals surface area (Å²) in [6.45, 7) is 5.55. The fourth-order valence-electron chi connectivity index (χ4n) is 1.90. The molecule has 116 valence electrons. The van der Waals surface area contributed by atoms with Crippen LogP contribution in [0.3, 0.4) is 0 Å². The van der Waals surface area contributed by atoms with E-state index < -0.39 is 18.0 Å². The predicted molar refractivity (Wildman–Crippen MR) is 85.1 cm³/mol. The van der Waals surface area contributed by atoms with Crippen molar-refractivity contribution in [2.45, 2.75) is 39.3 Å². The molecule has 2 amide bonds. The topological polar surface area (TPSA) is 78.4 Å². The molecule has 2 unspecified atom stereocenters. The lowest BCUT2D eigenvalue weighted by Gasteiger charge is -2.22. The lowest BCUT2D eigenvalue weighted by Crippen LogP contribution is -2.49. The zero-order valence-electron chi connectivity index (χ0n) is 12.4. The number of hydrogen-bond acceptors (Lipinski definition) is 2. The van der Waals surface area contributed by atoms with Gasteiger partial charge in [-0.1, -0.05) is 48.3 Å². The van der Waals surface area contributed by atoms with Crippen molar-refractivity contribution >= 4 is 27.9 Å². The van der Waals surface area contributed by atoms with Crippen molar-refractivity contribution in [3.63, 3.8) is 0 Å². The highest BCUT2D eigenvalue weighted by molar-refractivity contribution is 9.10. The van der Waals surface area contributed by atoms with Crippen LogP contribution >= 0.6 is 15.9 Å². The van der Waals surface area contributed by atoms with Crippen LogP contribution in [0.25, 0.3) is 0 Å². The standard InChI is InChI=1S/C15H21BrN2O3/c1-4-9(2)13(14(19)20)18-15(21)17-10(3)11-5-7-12(16)8-6-11/h5-10,13H,4H2,1-3H3,(H,19,20)(H2,17,18,21)/t9?,10?,13-/m0/s1. The Morgan fingerprint density at radius 3 is 2.24 bits per heavy atom. The Bertz CT molecular complexity index is 490. The molecule has 1 rings (SSSR count). The van der Waals surface area contributed by atoms with Gasteiger partial charge in [-0.2, -0.15) is 0 Å². The van der Waals surface area contributed by atoms with Gasteiger partial charge in [-0.15, -0.1) is 0 Å². The molecule has 0 bridgehead atoms. The second kappa shape index (κ2) is 8.02. The molecule has 5 nitrogen and oxygen atoms in total. The van der Waals surface area contributed by atoms with E-state index in [-0.39, 0.29) is 12.0 Å². The summed E-state index contributed by atoms with van der Waals surface area (Å²) in [5.74, 6) is -1.15. The van der Waals surface area contributed by atoms with Gasteiger partial charge in [-0.25, -0.2) is 9.59 Å². The minimum Gasteiger partial charge on any atom is -0.480 e. The number of rotatable bonds is 6. The number of halogens is 1. The summed E-state index contributed by atoms with van der Waals surface area (Å²) in [4.78, 5) is 23.1. The normalized spacial score (nSPS) is 14.9. The molecule has 3 N–H and O–H groups in total. The molecular formula is C15H21BrN2O3.